The van der Waals surface area contributed by atoms with Crippen molar-refractivity contribution in [2.45, 2.75) is 57.6 Å². The van der Waals surface area contributed by atoms with Crippen LogP contribution in [0, 0.1) is 0 Å². The van der Waals surface area contributed by atoms with Crippen LogP contribution in [-0.4, -0.2) is 56.8 Å². The van der Waals surface area contributed by atoms with E-state index in [2.05, 4.69) is 48.1 Å². The van der Waals surface area contributed by atoms with Crippen LogP contribution in [0.5, 0.6) is 0 Å². The zero-order valence-electron chi connectivity index (χ0n) is 21.4. The largest absolute Gasteiger partial charge is 0.444 e. The van der Waals surface area contributed by atoms with Crippen molar-refractivity contribution in [3.05, 3.63) is 56.8 Å². The standard InChI is InChI=1S/C28H31BrN4O4/c1-28(2,3)37-27(35)31-12-9-17(10-13-31)18-7-8-21-23(15-18)32(19-11-14-36-16-19)26-30-25(34)24-20(29)5-4-6-22(24)33(21)26/h4-8,15,17,19H,9-14,16H2,1-3H3/t19-/m0/s1. The first-order valence-electron chi connectivity index (χ1n) is 12.9. The zero-order chi connectivity index (χ0) is 25.9. The van der Waals surface area contributed by atoms with Crippen molar-refractivity contribution in [1.82, 2.24) is 18.9 Å². The molecule has 9 heteroatoms. The second-order valence-electron chi connectivity index (χ2n) is 11.1. The number of hydrogen-bond acceptors (Lipinski definition) is 5. The second kappa shape index (κ2) is 9.13. The maximum atomic E-state index is 13.1. The highest BCUT2D eigenvalue weighted by molar-refractivity contribution is 9.10. The molecule has 8 nitrogen and oxygen atoms in total. The number of benzene rings is 2. The number of aromatic nitrogens is 3. The SMILES string of the molecule is CC(C)(C)OC(=O)N1CCC(c2ccc3c(c2)n([C@H]2CCOC2)c2nc(=O)c4c(Br)cccc4n32)CC1. The first kappa shape index (κ1) is 24.4. The fraction of sp³-hybridized carbons (Fsp3) is 0.464. The first-order chi connectivity index (χ1) is 17.7. The summed E-state index contributed by atoms with van der Waals surface area (Å²) in [5.41, 5.74) is 3.43. The van der Waals surface area contributed by atoms with Crippen LogP contribution in [0.2, 0.25) is 0 Å². The van der Waals surface area contributed by atoms with E-state index in [0.717, 1.165) is 40.3 Å². The summed E-state index contributed by atoms with van der Waals surface area (Å²) in [6.45, 7) is 8.33. The summed E-state index contributed by atoms with van der Waals surface area (Å²) in [6, 6.07) is 12.5. The summed E-state index contributed by atoms with van der Waals surface area (Å²) in [6.07, 6.45) is 2.40. The Bertz CT molecular complexity index is 1570. The molecule has 0 spiro atoms. The molecule has 194 valence electrons. The van der Waals surface area contributed by atoms with Gasteiger partial charge in [-0.05, 0) is 91.7 Å². The van der Waals surface area contributed by atoms with Gasteiger partial charge in [-0.1, -0.05) is 12.1 Å². The number of piperidine rings is 1. The van der Waals surface area contributed by atoms with Gasteiger partial charge in [-0.15, -0.1) is 0 Å². The predicted octanol–water partition coefficient (Wildman–Crippen LogP) is 5.64. The third-order valence-corrected chi connectivity index (χ3v) is 8.11. The van der Waals surface area contributed by atoms with Crippen LogP contribution < -0.4 is 5.56 Å². The fourth-order valence-corrected chi connectivity index (χ4v) is 6.23. The quantitative estimate of drug-likeness (QED) is 0.313. The summed E-state index contributed by atoms with van der Waals surface area (Å²) in [7, 11) is 0. The van der Waals surface area contributed by atoms with Gasteiger partial charge in [-0.25, -0.2) is 4.79 Å². The molecule has 2 fully saturated rings. The van der Waals surface area contributed by atoms with E-state index in [0.29, 0.717) is 43.4 Å². The van der Waals surface area contributed by atoms with Crippen LogP contribution in [0.25, 0.3) is 27.7 Å². The normalized spacial score (nSPS) is 19.4. The third kappa shape index (κ3) is 4.32. The van der Waals surface area contributed by atoms with Crippen molar-refractivity contribution < 1.29 is 14.3 Å². The lowest BCUT2D eigenvalue weighted by molar-refractivity contribution is 0.0205. The molecule has 0 radical (unpaired) electrons. The van der Waals surface area contributed by atoms with Gasteiger partial charge in [0, 0.05) is 24.2 Å². The number of ether oxygens (including phenoxy) is 2. The number of carbonyl (C=O) groups is 1. The Labute approximate surface area is 223 Å². The Hall–Kier alpha value is -2.91. The van der Waals surface area contributed by atoms with Crippen molar-refractivity contribution in [3.63, 3.8) is 0 Å². The van der Waals surface area contributed by atoms with E-state index in [1.807, 2.05) is 43.9 Å². The van der Waals surface area contributed by atoms with Crippen LogP contribution in [0.3, 0.4) is 0 Å². The molecule has 2 aliphatic heterocycles. The van der Waals surface area contributed by atoms with E-state index >= 15 is 0 Å². The number of likely N-dealkylation sites (tertiary alicyclic amines) is 1. The van der Waals surface area contributed by atoms with Crippen molar-refractivity contribution in [3.8, 4) is 0 Å². The van der Waals surface area contributed by atoms with Gasteiger partial charge >= 0.3 is 6.09 Å². The fourth-order valence-electron chi connectivity index (χ4n) is 5.71. The molecule has 0 unspecified atom stereocenters. The highest BCUT2D eigenvalue weighted by Gasteiger charge is 2.29. The minimum absolute atomic E-state index is 0.119. The maximum Gasteiger partial charge on any atom is 0.410 e. The molecule has 1 amide bonds. The summed E-state index contributed by atoms with van der Waals surface area (Å²) in [5.74, 6) is 0.992. The van der Waals surface area contributed by atoms with Gasteiger partial charge in [0.1, 0.15) is 5.60 Å². The van der Waals surface area contributed by atoms with Crippen LogP contribution in [0.15, 0.2) is 45.7 Å². The van der Waals surface area contributed by atoms with Gasteiger partial charge in [-0.3, -0.25) is 9.20 Å². The number of fused-ring (bicyclic) bond motifs is 5. The van der Waals surface area contributed by atoms with E-state index in [1.165, 1.54) is 5.56 Å². The Morgan fingerprint density at radius 1 is 1.08 bits per heavy atom. The number of amides is 1. The van der Waals surface area contributed by atoms with E-state index in [-0.39, 0.29) is 17.7 Å². The molecule has 0 N–H and O–H groups in total. The average Bonchev–Trinajstić information content (AvgIpc) is 3.48. The molecular formula is C28H31BrN4O4. The summed E-state index contributed by atoms with van der Waals surface area (Å²) in [4.78, 5) is 32.0. The molecule has 0 aliphatic carbocycles. The minimum Gasteiger partial charge on any atom is -0.444 e. The highest BCUT2D eigenvalue weighted by Crippen LogP contribution is 2.35. The molecule has 2 aliphatic rings. The molecule has 0 saturated carbocycles. The van der Waals surface area contributed by atoms with Crippen molar-refractivity contribution in [2.75, 3.05) is 26.3 Å². The molecule has 2 aromatic carbocycles. The molecular weight excluding hydrogens is 536 g/mol. The summed E-state index contributed by atoms with van der Waals surface area (Å²) < 4.78 is 16.4. The monoisotopic (exact) mass is 566 g/mol. The van der Waals surface area contributed by atoms with E-state index in [1.54, 1.807) is 0 Å². The molecule has 4 heterocycles. The molecule has 6 rings (SSSR count). The van der Waals surface area contributed by atoms with Gasteiger partial charge in [-0.2, -0.15) is 4.98 Å². The zero-order valence-corrected chi connectivity index (χ0v) is 23.0. The number of rotatable bonds is 2. The molecule has 4 aromatic rings. The van der Waals surface area contributed by atoms with Crippen molar-refractivity contribution in [1.29, 1.82) is 0 Å². The lowest BCUT2D eigenvalue weighted by Gasteiger charge is -2.33. The van der Waals surface area contributed by atoms with Crippen molar-refractivity contribution in [2.24, 2.45) is 0 Å². The highest BCUT2D eigenvalue weighted by atomic mass is 79.9. The first-order valence-corrected chi connectivity index (χ1v) is 13.7. The van der Waals surface area contributed by atoms with Gasteiger partial charge in [0.25, 0.3) is 5.56 Å². The number of nitrogens with zero attached hydrogens (tertiary/aromatic N) is 4. The minimum atomic E-state index is -0.494. The Kier molecular flexibility index (Phi) is 6.03. The van der Waals surface area contributed by atoms with E-state index in [9.17, 15) is 9.59 Å². The van der Waals surface area contributed by atoms with E-state index < -0.39 is 5.60 Å². The third-order valence-electron chi connectivity index (χ3n) is 7.45. The number of halogens is 1. The maximum absolute atomic E-state index is 13.1. The molecule has 2 aromatic heterocycles. The van der Waals surface area contributed by atoms with Gasteiger partial charge in [0.05, 0.1) is 34.6 Å². The van der Waals surface area contributed by atoms with Crippen LogP contribution in [0.1, 0.15) is 57.6 Å². The van der Waals surface area contributed by atoms with Crippen molar-refractivity contribution >= 4 is 49.7 Å². The Balaban J connectivity index is 1.43. The second-order valence-corrected chi connectivity index (χ2v) is 11.9. The molecule has 1 atom stereocenters. The number of imidazole rings is 1. The Morgan fingerprint density at radius 3 is 2.57 bits per heavy atom. The van der Waals surface area contributed by atoms with Gasteiger partial charge in [0.2, 0.25) is 5.78 Å². The van der Waals surface area contributed by atoms with Gasteiger partial charge in [0.15, 0.2) is 0 Å². The lowest BCUT2D eigenvalue weighted by Crippen LogP contribution is -2.41. The predicted molar refractivity (Wildman–Crippen MR) is 146 cm³/mol. The number of hydrogen-bond donors (Lipinski definition) is 0. The smallest absolute Gasteiger partial charge is 0.410 e. The number of carbonyl (C=O) groups excluding carboxylic acids is 1. The lowest BCUT2D eigenvalue weighted by atomic mass is 9.89. The van der Waals surface area contributed by atoms with Crippen LogP contribution in [-0.2, 0) is 9.47 Å². The van der Waals surface area contributed by atoms with Gasteiger partial charge < -0.3 is 18.9 Å². The molecule has 37 heavy (non-hydrogen) atoms. The molecule has 0 bridgehead atoms. The Morgan fingerprint density at radius 2 is 1.86 bits per heavy atom. The average molecular weight is 567 g/mol. The van der Waals surface area contributed by atoms with Crippen LogP contribution in [0.4, 0.5) is 4.79 Å². The van der Waals surface area contributed by atoms with Crippen LogP contribution >= 0.6 is 15.9 Å². The summed E-state index contributed by atoms with van der Waals surface area (Å²) in [5, 5.41) is 0.584. The molecule has 2 saturated heterocycles. The van der Waals surface area contributed by atoms with E-state index in [4.69, 9.17) is 9.47 Å². The topological polar surface area (TPSA) is 78.1 Å². The summed E-state index contributed by atoms with van der Waals surface area (Å²) >= 11 is 3.55.